The molecule has 0 fully saturated rings. The Hall–Kier alpha value is -0.0800. The molecule has 0 unspecified atom stereocenters. The third-order valence-corrected chi connectivity index (χ3v) is 3.45. The van der Waals surface area contributed by atoms with E-state index in [-0.39, 0.29) is 0 Å². The van der Waals surface area contributed by atoms with Crippen LogP contribution in [0, 0.1) is 0 Å². The van der Waals surface area contributed by atoms with Gasteiger partial charge in [-0.15, -0.1) is 0 Å². The minimum atomic E-state index is 0.864. The van der Waals surface area contributed by atoms with Gasteiger partial charge in [-0.25, -0.2) is 0 Å². The van der Waals surface area contributed by atoms with Crippen molar-refractivity contribution in [3.63, 3.8) is 0 Å². The second-order valence-electron chi connectivity index (χ2n) is 5.23. The van der Waals surface area contributed by atoms with Crippen molar-refractivity contribution in [1.29, 1.82) is 0 Å². The second kappa shape index (κ2) is 16.9. The second-order valence-corrected chi connectivity index (χ2v) is 5.23. The van der Waals surface area contributed by atoms with Gasteiger partial charge in [0.15, 0.2) is 0 Å². The molecule has 0 rings (SSSR count). The van der Waals surface area contributed by atoms with Gasteiger partial charge in [0.1, 0.15) is 0 Å². The smallest absolute Gasteiger partial charge is 0.0465 e. The Bertz CT molecular complexity index is 123. The maximum atomic E-state index is 5.47. The number of hydrogen-bond acceptors (Lipinski definition) is 2. The first-order chi connectivity index (χ1) is 8.91. The topological polar surface area (TPSA) is 35.2 Å². The monoisotopic (exact) mass is 257 g/mol. The van der Waals surface area contributed by atoms with E-state index >= 15 is 0 Å². The fourth-order valence-electron chi connectivity index (χ4n) is 2.26. The van der Waals surface area contributed by atoms with Crippen LogP contribution in [-0.4, -0.2) is 19.8 Å². The first-order valence-corrected chi connectivity index (χ1v) is 8.19. The van der Waals surface area contributed by atoms with Crippen molar-refractivity contribution in [3.8, 4) is 0 Å². The van der Waals surface area contributed by atoms with Crippen LogP contribution >= 0.6 is 0 Å². The summed E-state index contributed by atoms with van der Waals surface area (Å²) >= 11 is 0. The van der Waals surface area contributed by atoms with Crippen LogP contribution in [-0.2, 0) is 4.74 Å². The molecule has 18 heavy (non-hydrogen) atoms. The van der Waals surface area contributed by atoms with Gasteiger partial charge >= 0.3 is 0 Å². The number of rotatable bonds is 15. The molecule has 0 aliphatic carbocycles. The number of unbranched alkanes of at least 4 members (excludes halogenated alkanes) is 11. The van der Waals surface area contributed by atoms with Crippen molar-refractivity contribution in [1.82, 2.24) is 0 Å². The Morgan fingerprint density at radius 2 is 1.00 bits per heavy atom. The summed E-state index contributed by atoms with van der Waals surface area (Å²) < 4.78 is 5.33. The lowest BCUT2D eigenvalue weighted by atomic mass is 10.1. The van der Waals surface area contributed by atoms with E-state index in [4.69, 9.17) is 10.5 Å². The van der Waals surface area contributed by atoms with E-state index in [2.05, 4.69) is 6.92 Å². The Kier molecular flexibility index (Phi) is 16.8. The van der Waals surface area contributed by atoms with E-state index in [1.807, 2.05) is 0 Å². The third kappa shape index (κ3) is 15.9. The quantitative estimate of drug-likeness (QED) is 0.433. The van der Waals surface area contributed by atoms with Gasteiger partial charge in [0.2, 0.25) is 0 Å². The van der Waals surface area contributed by atoms with Gasteiger partial charge in [0.25, 0.3) is 0 Å². The van der Waals surface area contributed by atoms with E-state index in [1.165, 1.54) is 77.0 Å². The molecule has 0 spiro atoms. The third-order valence-electron chi connectivity index (χ3n) is 3.45. The molecule has 110 valence electrons. The van der Waals surface area contributed by atoms with E-state index in [9.17, 15) is 0 Å². The molecule has 0 aliphatic rings. The van der Waals surface area contributed by atoms with Crippen LogP contribution in [0.5, 0.6) is 0 Å². The first-order valence-electron chi connectivity index (χ1n) is 8.19. The van der Waals surface area contributed by atoms with Gasteiger partial charge in [-0.2, -0.15) is 0 Å². The van der Waals surface area contributed by atoms with Crippen molar-refractivity contribution in [2.24, 2.45) is 5.73 Å². The van der Waals surface area contributed by atoms with Crippen molar-refractivity contribution >= 4 is 0 Å². The molecule has 0 aromatic carbocycles. The Morgan fingerprint density at radius 3 is 1.39 bits per heavy atom. The van der Waals surface area contributed by atoms with E-state index < -0.39 is 0 Å². The van der Waals surface area contributed by atoms with Gasteiger partial charge in [0.05, 0.1) is 0 Å². The molecule has 2 N–H and O–H groups in total. The molecule has 0 aromatic rings. The Labute approximate surface area is 115 Å². The molecule has 0 amide bonds. The largest absolute Gasteiger partial charge is 0.382 e. The highest BCUT2D eigenvalue weighted by atomic mass is 16.5. The molecule has 0 radical (unpaired) electrons. The maximum Gasteiger partial charge on any atom is 0.0465 e. The SMILES string of the molecule is CCOCCCCCCCCCCCCCCN. The molecule has 2 heteroatoms. The average molecular weight is 257 g/mol. The lowest BCUT2D eigenvalue weighted by molar-refractivity contribution is 0.143. The summed E-state index contributed by atoms with van der Waals surface area (Å²) in [5, 5.41) is 0. The lowest BCUT2D eigenvalue weighted by Gasteiger charge is -2.03. The Morgan fingerprint density at radius 1 is 0.611 bits per heavy atom. The fourth-order valence-corrected chi connectivity index (χ4v) is 2.26. The van der Waals surface area contributed by atoms with Crippen LogP contribution in [0.25, 0.3) is 0 Å². The van der Waals surface area contributed by atoms with Gasteiger partial charge in [0, 0.05) is 13.2 Å². The first kappa shape index (κ1) is 17.9. The number of ether oxygens (including phenoxy) is 1. The van der Waals surface area contributed by atoms with Gasteiger partial charge in [-0.3, -0.25) is 0 Å². The minimum absolute atomic E-state index is 0.864. The summed E-state index contributed by atoms with van der Waals surface area (Å²) in [6, 6.07) is 0. The van der Waals surface area contributed by atoms with E-state index in [0.29, 0.717) is 0 Å². The number of hydrogen-bond donors (Lipinski definition) is 1. The van der Waals surface area contributed by atoms with Crippen LogP contribution in [0.3, 0.4) is 0 Å². The summed E-state index contributed by atoms with van der Waals surface area (Å²) in [5.41, 5.74) is 5.47. The van der Waals surface area contributed by atoms with Crippen LogP contribution in [0.15, 0.2) is 0 Å². The maximum absolute atomic E-state index is 5.47. The normalized spacial score (nSPS) is 11.0. The summed E-state index contributed by atoms with van der Waals surface area (Å²) in [6.07, 6.45) is 16.5. The van der Waals surface area contributed by atoms with Crippen LogP contribution in [0.2, 0.25) is 0 Å². The molecular formula is C16H35NO. The van der Waals surface area contributed by atoms with Crippen molar-refractivity contribution in [2.75, 3.05) is 19.8 Å². The summed E-state index contributed by atoms with van der Waals surface area (Å²) in [7, 11) is 0. The molecule has 0 bridgehead atoms. The molecule has 2 nitrogen and oxygen atoms in total. The highest BCUT2D eigenvalue weighted by Gasteiger charge is 1.93. The van der Waals surface area contributed by atoms with Gasteiger partial charge in [-0.1, -0.05) is 64.2 Å². The highest BCUT2D eigenvalue weighted by Crippen LogP contribution is 2.11. The van der Waals surface area contributed by atoms with Crippen molar-refractivity contribution in [2.45, 2.75) is 84.0 Å². The summed E-state index contributed by atoms with van der Waals surface area (Å²) in [5.74, 6) is 0. The standard InChI is InChI=1S/C16H35NO/c1-2-18-16-14-12-10-8-6-4-3-5-7-9-11-13-15-17/h2-17H2,1H3. The number of nitrogens with two attached hydrogens (primary N) is 1. The Balaban J connectivity index is 2.86. The zero-order valence-electron chi connectivity index (χ0n) is 12.6. The molecule has 0 saturated carbocycles. The van der Waals surface area contributed by atoms with Gasteiger partial charge < -0.3 is 10.5 Å². The van der Waals surface area contributed by atoms with E-state index in [0.717, 1.165) is 19.8 Å². The molecule has 0 atom stereocenters. The average Bonchev–Trinajstić information content (AvgIpc) is 2.39. The predicted molar refractivity (Wildman–Crippen MR) is 81.0 cm³/mol. The fraction of sp³-hybridized carbons (Fsp3) is 1.00. The zero-order chi connectivity index (χ0) is 13.3. The highest BCUT2D eigenvalue weighted by molar-refractivity contribution is 4.49. The zero-order valence-corrected chi connectivity index (χ0v) is 12.6. The molecular weight excluding hydrogens is 222 g/mol. The van der Waals surface area contributed by atoms with Crippen LogP contribution < -0.4 is 5.73 Å². The molecule has 0 heterocycles. The molecule has 0 aromatic heterocycles. The minimum Gasteiger partial charge on any atom is -0.382 e. The predicted octanol–water partition coefficient (Wildman–Crippen LogP) is 4.66. The van der Waals surface area contributed by atoms with Crippen LogP contribution in [0.1, 0.15) is 84.0 Å². The summed E-state index contributed by atoms with van der Waals surface area (Å²) in [6.45, 7) is 4.75. The van der Waals surface area contributed by atoms with Crippen molar-refractivity contribution < 1.29 is 4.74 Å². The van der Waals surface area contributed by atoms with Crippen molar-refractivity contribution in [3.05, 3.63) is 0 Å². The van der Waals surface area contributed by atoms with Crippen LogP contribution in [0.4, 0.5) is 0 Å². The lowest BCUT2D eigenvalue weighted by Crippen LogP contribution is -1.97. The van der Waals surface area contributed by atoms with E-state index in [1.54, 1.807) is 0 Å². The summed E-state index contributed by atoms with van der Waals surface area (Å²) in [4.78, 5) is 0. The van der Waals surface area contributed by atoms with Gasteiger partial charge in [-0.05, 0) is 26.3 Å². The molecule has 0 saturated heterocycles. The molecule has 0 aliphatic heterocycles.